The first kappa shape index (κ1) is 30.7. The van der Waals surface area contributed by atoms with E-state index < -0.39 is 21.4 Å². The highest BCUT2D eigenvalue weighted by molar-refractivity contribution is 7.90. The number of fused-ring (bicyclic) bond motifs is 3. The molecule has 2 unspecified atom stereocenters. The van der Waals surface area contributed by atoms with Crippen molar-refractivity contribution in [3.05, 3.63) is 63.3 Å². The lowest BCUT2D eigenvalue weighted by molar-refractivity contribution is -0.0446. The average Bonchev–Trinajstić information content (AvgIpc) is 3.50. The zero-order chi connectivity index (χ0) is 31.7. The van der Waals surface area contributed by atoms with Crippen LogP contribution >= 0.6 is 34.5 Å². The second-order valence-corrected chi connectivity index (χ2v) is 15.1. The van der Waals surface area contributed by atoms with Gasteiger partial charge in [0.1, 0.15) is 11.5 Å². The SMILES string of the molecule is O=C(NS(=O)(=O)C(F)(F)F)c1ccc2nc(N3C4CCC3CC(NCc3c(-c5c(Cl)cccc5Cl)noc3C3CC3)C4)sc2c1. The van der Waals surface area contributed by atoms with E-state index >= 15 is 0 Å². The number of thiazole rings is 1. The van der Waals surface area contributed by atoms with E-state index in [1.54, 1.807) is 18.2 Å². The number of benzene rings is 2. The molecule has 2 aromatic carbocycles. The fourth-order valence-electron chi connectivity index (χ4n) is 6.38. The summed E-state index contributed by atoms with van der Waals surface area (Å²) in [6, 6.07) is 10.2. The van der Waals surface area contributed by atoms with E-state index in [2.05, 4.69) is 15.4 Å². The Bertz CT molecular complexity index is 1880. The van der Waals surface area contributed by atoms with Crippen molar-refractivity contribution >= 4 is 65.8 Å². The normalized spacial score (nSPS) is 21.9. The molecule has 2 bridgehead atoms. The first-order valence-corrected chi connectivity index (χ1v) is 17.4. The number of hydrogen-bond donors (Lipinski definition) is 2. The standard InChI is InChI=1S/C29H26Cl2F3N5O4S2/c30-20-2-1-3-21(31)24(20)25-19(26(43-37-25)14-4-5-14)13-35-16-11-17-7-8-18(12-16)39(17)28-36-22-9-6-15(10-23(22)44-28)27(40)38-45(41,42)29(32,33)34/h1-3,6,9-10,14,16-18,35H,4-5,7-8,11-13H2,(H,38,40). The van der Waals surface area contributed by atoms with E-state index in [0.29, 0.717) is 44.0 Å². The maximum Gasteiger partial charge on any atom is 0.516 e. The third kappa shape index (κ3) is 5.79. The summed E-state index contributed by atoms with van der Waals surface area (Å²) in [5, 5.41) is 9.93. The van der Waals surface area contributed by atoms with Crippen molar-refractivity contribution in [2.24, 2.45) is 0 Å². The molecule has 45 heavy (non-hydrogen) atoms. The number of piperidine rings is 1. The molecule has 3 aliphatic rings. The second kappa shape index (κ2) is 11.4. The third-order valence-electron chi connectivity index (χ3n) is 8.66. The summed E-state index contributed by atoms with van der Waals surface area (Å²) in [5.41, 5.74) is -2.90. The summed E-state index contributed by atoms with van der Waals surface area (Å²) in [7, 11) is -5.81. The number of carbonyl (C=O) groups excluding carboxylic acids is 1. The van der Waals surface area contributed by atoms with Crippen molar-refractivity contribution in [1.82, 2.24) is 20.2 Å². The number of sulfonamides is 1. The van der Waals surface area contributed by atoms with Crippen LogP contribution in [0.2, 0.25) is 10.0 Å². The molecule has 1 saturated carbocycles. The van der Waals surface area contributed by atoms with Gasteiger partial charge in [-0.2, -0.15) is 21.6 Å². The Morgan fingerprint density at radius 3 is 2.40 bits per heavy atom. The van der Waals surface area contributed by atoms with Gasteiger partial charge in [0.15, 0.2) is 5.13 Å². The van der Waals surface area contributed by atoms with E-state index in [0.717, 1.165) is 59.7 Å². The zero-order valence-electron chi connectivity index (χ0n) is 23.4. The Morgan fingerprint density at radius 1 is 1.07 bits per heavy atom. The van der Waals surface area contributed by atoms with Crippen LogP contribution < -0.4 is 14.9 Å². The fraction of sp³-hybridized carbons (Fsp3) is 0.414. The Kier molecular flexibility index (Phi) is 7.79. The van der Waals surface area contributed by atoms with Gasteiger partial charge in [-0.3, -0.25) is 4.79 Å². The second-order valence-electron chi connectivity index (χ2n) is 11.6. The van der Waals surface area contributed by atoms with Gasteiger partial charge in [0.25, 0.3) is 5.91 Å². The highest BCUT2D eigenvalue weighted by Gasteiger charge is 2.47. The monoisotopic (exact) mass is 699 g/mol. The maximum absolute atomic E-state index is 12.7. The molecule has 2 N–H and O–H groups in total. The Morgan fingerprint density at radius 2 is 1.76 bits per heavy atom. The molecule has 7 rings (SSSR count). The van der Waals surface area contributed by atoms with Crippen molar-refractivity contribution in [2.45, 2.75) is 74.6 Å². The van der Waals surface area contributed by atoms with E-state index in [1.807, 2.05) is 0 Å². The zero-order valence-corrected chi connectivity index (χ0v) is 26.5. The Balaban J connectivity index is 1.06. The van der Waals surface area contributed by atoms with Gasteiger partial charge in [-0.25, -0.2) is 9.71 Å². The van der Waals surface area contributed by atoms with Gasteiger partial charge >= 0.3 is 15.5 Å². The van der Waals surface area contributed by atoms with Crippen LogP contribution in [0.4, 0.5) is 18.3 Å². The maximum atomic E-state index is 12.7. The van der Waals surface area contributed by atoms with Crippen LogP contribution in [0, 0.1) is 0 Å². The molecule has 1 aliphatic carbocycles. The van der Waals surface area contributed by atoms with Crippen LogP contribution in [0.3, 0.4) is 0 Å². The molecule has 0 radical (unpaired) electrons. The molecule has 4 aromatic rings. The number of anilines is 1. The summed E-state index contributed by atoms with van der Waals surface area (Å²) in [5.74, 6) is -0.122. The lowest BCUT2D eigenvalue weighted by atomic mass is 9.97. The fourth-order valence-corrected chi connectivity index (χ4v) is 8.59. The van der Waals surface area contributed by atoms with Gasteiger partial charge in [-0.15, -0.1) is 0 Å². The molecule has 3 fully saturated rings. The summed E-state index contributed by atoms with van der Waals surface area (Å²) in [4.78, 5) is 19.4. The minimum Gasteiger partial charge on any atom is -0.360 e. The number of nitrogens with zero attached hydrogens (tertiary/aromatic N) is 3. The summed E-state index contributed by atoms with van der Waals surface area (Å²) >= 11 is 14.4. The molecular formula is C29H26Cl2F3N5O4S2. The summed E-state index contributed by atoms with van der Waals surface area (Å²) in [6.07, 6.45) is 5.84. The number of amides is 1. The van der Waals surface area contributed by atoms with E-state index in [4.69, 9.17) is 32.7 Å². The minimum atomic E-state index is -5.81. The quantitative estimate of drug-likeness (QED) is 0.202. The Labute approximate surface area is 270 Å². The first-order valence-electron chi connectivity index (χ1n) is 14.4. The highest BCUT2D eigenvalue weighted by atomic mass is 35.5. The van der Waals surface area contributed by atoms with Crippen molar-refractivity contribution in [3.63, 3.8) is 0 Å². The highest BCUT2D eigenvalue weighted by Crippen LogP contribution is 2.47. The van der Waals surface area contributed by atoms with Gasteiger partial charge < -0.3 is 14.7 Å². The predicted octanol–water partition coefficient (Wildman–Crippen LogP) is 7.00. The molecule has 238 valence electrons. The number of alkyl halides is 3. The topological polar surface area (TPSA) is 117 Å². The van der Waals surface area contributed by atoms with Gasteiger partial charge in [0.05, 0.1) is 20.3 Å². The predicted molar refractivity (Wildman–Crippen MR) is 165 cm³/mol. The molecule has 2 aliphatic heterocycles. The summed E-state index contributed by atoms with van der Waals surface area (Å²) < 4.78 is 68.4. The lowest BCUT2D eigenvalue weighted by Crippen LogP contribution is -2.49. The number of carbonyl (C=O) groups is 1. The molecular weight excluding hydrogens is 674 g/mol. The molecule has 2 atom stereocenters. The van der Waals surface area contributed by atoms with Crippen LogP contribution in [-0.4, -0.2) is 48.1 Å². The number of aromatic nitrogens is 2. The van der Waals surface area contributed by atoms with Crippen LogP contribution in [0.5, 0.6) is 0 Å². The largest absolute Gasteiger partial charge is 0.516 e. The third-order valence-corrected chi connectivity index (χ3v) is 11.4. The molecule has 0 spiro atoms. The number of nitrogens with one attached hydrogen (secondary N) is 2. The first-order chi connectivity index (χ1) is 21.4. The van der Waals surface area contributed by atoms with Crippen LogP contribution in [0.15, 0.2) is 40.9 Å². The van der Waals surface area contributed by atoms with Crippen LogP contribution in [-0.2, 0) is 16.6 Å². The van der Waals surface area contributed by atoms with Crippen molar-refractivity contribution in [1.29, 1.82) is 0 Å². The van der Waals surface area contributed by atoms with E-state index in [1.165, 1.54) is 29.5 Å². The summed E-state index contributed by atoms with van der Waals surface area (Å²) in [6.45, 7) is 0.562. The van der Waals surface area contributed by atoms with Gasteiger partial charge in [-0.1, -0.05) is 45.8 Å². The smallest absolute Gasteiger partial charge is 0.360 e. The minimum absolute atomic E-state index is 0.201. The average molecular weight is 701 g/mol. The lowest BCUT2D eigenvalue weighted by Gasteiger charge is -2.39. The van der Waals surface area contributed by atoms with Crippen LogP contribution in [0.1, 0.15) is 66.1 Å². The van der Waals surface area contributed by atoms with E-state index in [9.17, 15) is 26.4 Å². The molecule has 16 heteroatoms. The van der Waals surface area contributed by atoms with Crippen molar-refractivity contribution in [2.75, 3.05) is 4.90 Å². The van der Waals surface area contributed by atoms with Crippen LogP contribution in [0.25, 0.3) is 21.5 Å². The van der Waals surface area contributed by atoms with Crippen molar-refractivity contribution in [3.8, 4) is 11.3 Å². The van der Waals surface area contributed by atoms with E-state index in [-0.39, 0.29) is 23.7 Å². The molecule has 4 heterocycles. The Hall–Kier alpha value is -2.91. The number of hydrogen-bond acceptors (Lipinski definition) is 9. The molecule has 2 aromatic heterocycles. The van der Waals surface area contributed by atoms with Gasteiger partial charge in [0.2, 0.25) is 0 Å². The molecule has 2 saturated heterocycles. The molecule has 9 nitrogen and oxygen atoms in total. The number of halogens is 5. The van der Waals surface area contributed by atoms with Gasteiger partial charge in [0, 0.05) is 47.3 Å². The van der Waals surface area contributed by atoms with Crippen molar-refractivity contribution < 1.29 is 30.9 Å². The van der Waals surface area contributed by atoms with Gasteiger partial charge in [-0.05, 0) is 68.9 Å². The molecule has 1 amide bonds. The number of rotatable bonds is 8.